The van der Waals surface area contributed by atoms with Gasteiger partial charge in [0.2, 0.25) is 0 Å². The van der Waals surface area contributed by atoms with Crippen molar-refractivity contribution in [3.8, 4) is 0 Å². The smallest absolute Gasteiger partial charge is 0.184 e. The van der Waals surface area contributed by atoms with Gasteiger partial charge in [0.15, 0.2) is 5.78 Å². The highest BCUT2D eigenvalue weighted by molar-refractivity contribution is 5.79. The third kappa shape index (κ3) is 9.88. The van der Waals surface area contributed by atoms with Crippen molar-refractivity contribution in [2.45, 2.75) is 46.0 Å². The molecule has 0 N–H and O–H groups in total. The number of carbonyl (C=O) groups excluding carboxylic acids is 1. The Hall–Kier alpha value is -0.510. The Balaban J connectivity index is 0.00000450. The van der Waals surface area contributed by atoms with Crippen LogP contribution in [0.3, 0.4) is 0 Å². The van der Waals surface area contributed by atoms with Crippen LogP contribution < -0.4 is 56.9 Å². The molecule has 2 aromatic carbocycles. The number of ketones is 1. The number of Topliss-reactive ketones (excluding diaryl/α,β-unsaturated/α-hetero) is 1. The average Bonchev–Trinajstić information content (AvgIpc) is 2.65. The molecule has 0 unspecified atom stereocenters. The fourth-order valence-corrected chi connectivity index (χ4v) is 4.13. The van der Waals surface area contributed by atoms with Crippen LogP contribution in [0.4, 0.5) is 11.4 Å². The van der Waals surface area contributed by atoms with Gasteiger partial charge in [-0.25, -0.2) is 0 Å². The molecule has 0 heterocycles. The number of rotatable bonds is 11. The number of aryl methyl sites for hydroxylation is 2. The molecule has 2 rings (SSSR count). The maximum absolute atomic E-state index is 11.5. The first-order chi connectivity index (χ1) is 13.6. The minimum Gasteiger partial charge on any atom is -1.00 e. The van der Waals surface area contributed by atoms with Crippen molar-refractivity contribution in [3.05, 3.63) is 59.7 Å². The van der Waals surface area contributed by atoms with Crippen molar-refractivity contribution in [2.75, 3.05) is 41.3 Å². The van der Waals surface area contributed by atoms with Gasteiger partial charge in [0.25, 0.3) is 0 Å². The number of nitrogens with zero attached hydrogens (tertiary/aromatic N) is 2. The van der Waals surface area contributed by atoms with Gasteiger partial charge in [-0.15, -0.1) is 0 Å². The Morgan fingerprint density at radius 3 is 1.45 bits per heavy atom. The van der Waals surface area contributed by atoms with E-state index in [1.165, 1.54) is 48.3 Å². The van der Waals surface area contributed by atoms with Crippen LogP contribution in [0.15, 0.2) is 48.5 Å². The van der Waals surface area contributed by atoms with Crippen LogP contribution in [0.25, 0.3) is 0 Å². The minimum atomic E-state index is 0. The predicted octanol–water partition coefficient (Wildman–Crippen LogP) is -0.607. The number of hydrogen-bond donors (Lipinski definition) is 0. The summed E-state index contributed by atoms with van der Waals surface area (Å²) >= 11 is 0. The molecule has 0 bridgehead atoms. The highest BCUT2D eigenvalue weighted by atomic mass is 127. The molecule has 0 aliphatic heterocycles. The standard InChI is InChI=1S/C26H40N2O.2HI/c1-7-20-27(3,4)25-16-12-23(13-17-25)10-8-9-11-24-14-18-26(19-15-24)28(5,6)21-22(2)29;;/h12-19H,7-11,20-21H2,1-6H3;2*1H/q+2;;/p-2. The number of likely N-dealkylation sites (N-methyl/N-ethyl adjacent to an activating group) is 1. The SMILES string of the molecule is CCC[N+](C)(C)c1ccc(CCCCc2ccc([N+](C)(C)CC(C)=O)cc2)cc1.[I-].[I-]. The normalized spacial score (nSPS) is 11.4. The lowest BCUT2D eigenvalue weighted by molar-refractivity contribution is -0.117. The van der Waals surface area contributed by atoms with E-state index < -0.39 is 0 Å². The molecule has 0 atom stereocenters. The van der Waals surface area contributed by atoms with Crippen LogP contribution in [-0.2, 0) is 17.6 Å². The molecule has 2 aromatic rings. The summed E-state index contributed by atoms with van der Waals surface area (Å²) in [6, 6.07) is 18.0. The molecule has 3 nitrogen and oxygen atoms in total. The zero-order chi connectivity index (χ0) is 21.5. The van der Waals surface area contributed by atoms with Crippen LogP contribution in [0, 0.1) is 0 Å². The highest BCUT2D eigenvalue weighted by Crippen LogP contribution is 2.22. The predicted molar refractivity (Wildman–Crippen MR) is 128 cm³/mol. The Morgan fingerprint density at radius 2 is 1.10 bits per heavy atom. The number of quaternary nitrogens is 2. The molecular formula is C26H40I2N2O. The van der Waals surface area contributed by atoms with Crippen LogP contribution in [0.2, 0.25) is 0 Å². The Bertz CT molecular complexity index is 784. The number of unbranched alkanes of at least 4 members (excludes halogenated alkanes) is 1. The first-order valence-electron chi connectivity index (χ1n) is 11.0. The second-order valence-electron chi connectivity index (χ2n) is 9.49. The number of hydrogen-bond acceptors (Lipinski definition) is 1. The second kappa shape index (κ2) is 13.9. The Labute approximate surface area is 224 Å². The summed E-state index contributed by atoms with van der Waals surface area (Å²) in [4.78, 5) is 11.5. The van der Waals surface area contributed by atoms with E-state index in [9.17, 15) is 4.79 Å². The molecular weight excluding hydrogens is 610 g/mol. The third-order valence-corrected chi connectivity index (χ3v) is 5.85. The van der Waals surface area contributed by atoms with Crippen molar-refractivity contribution in [3.63, 3.8) is 0 Å². The molecule has 31 heavy (non-hydrogen) atoms. The number of benzene rings is 2. The molecule has 5 heteroatoms. The van der Waals surface area contributed by atoms with Crippen molar-refractivity contribution in [1.29, 1.82) is 0 Å². The lowest BCUT2D eigenvalue weighted by Crippen LogP contribution is -3.00. The third-order valence-electron chi connectivity index (χ3n) is 5.85. The first kappa shape index (κ1) is 30.5. The fourth-order valence-electron chi connectivity index (χ4n) is 4.13. The molecule has 0 fully saturated rings. The van der Waals surface area contributed by atoms with E-state index in [4.69, 9.17) is 0 Å². The minimum absolute atomic E-state index is 0. The van der Waals surface area contributed by atoms with Gasteiger partial charge in [-0.3, -0.25) is 13.8 Å². The number of halogens is 2. The van der Waals surface area contributed by atoms with Crippen LogP contribution in [0.5, 0.6) is 0 Å². The van der Waals surface area contributed by atoms with Gasteiger partial charge in [-0.1, -0.05) is 31.2 Å². The van der Waals surface area contributed by atoms with Gasteiger partial charge in [0.05, 0.1) is 34.7 Å². The van der Waals surface area contributed by atoms with E-state index in [2.05, 4.69) is 83.6 Å². The quantitative estimate of drug-likeness (QED) is 0.181. The van der Waals surface area contributed by atoms with Crippen molar-refractivity contribution < 1.29 is 52.7 Å². The summed E-state index contributed by atoms with van der Waals surface area (Å²) in [6.45, 7) is 5.61. The topological polar surface area (TPSA) is 17.1 Å². The van der Waals surface area contributed by atoms with Gasteiger partial charge >= 0.3 is 0 Å². The highest BCUT2D eigenvalue weighted by Gasteiger charge is 2.20. The fraction of sp³-hybridized carbons (Fsp3) is 0.500. The molecule has 174 valence electrons. The molecule has 0 aliphatic rings. The maximum Gasteiger partial charge on any atom is 0.184 e. The summed E-state index contributed by atoms with van der Waals surface area (Å²) < 4.78 is 1.56. The molecule has 0 aliphatic carbocycles. The Kier molecular flexibility index (Phi) is 13.7. The summed E-state index contributed by atoms with van der Waals surface area (Å²) in [5.74, 6) is 0.222. The van der Waals surface area contributed by atoms with E-state index in [-0.39, 0.29) is 53.7 Å². The lowest BCUT2D eigenvalue weighted by atomic mass is 10.0. The summed E-state index contributed by atoms with van der Waals surface area (Å²) in [5, 5.41) is 0. The zero-order valence-electron chi connectivity index (χ0n) is 20.1. The zero-order valence-corrected chi connectivity index (χ0v) is 24.4. The first-order valence-corrected chi connectivity index (χ1v) is 11.0. The summed E-state index contributed by atoms with van der Waals surface area (Å²) in [6.07, 6.45) is 5.86. The van der Waals surface area contributed by atoms with Gasteiger partial charge in [0, 0.05) is 6.92 Å². The van der Waals surface area contributed by atoms with Gasteiger partial charge < -0.3 is 48.0 Å². The molecule has 0 saturated heterocycles. The molecule has 0 saturated carbocycles. The van der Waals surface area contributed by atoms with E-state index in [0.29, 0.717) is 11.0 Å². The summed E-state index contributed by atoms with van der Waals surface area (Å²) in [5.41, 5.74) is 5.39. The van der Waals surface area contributed by atoms with Gasteiger partial charge in [0.1, 0.15) is 17.9 Å². The molecule has 0 aromatic heterocycles. The van der Waals surface area contributed by atoms with Gasteiger partial charge in [-0.05, 0) is 67.5 Å². The molecule has 0 spiro atoms. The van der Waals surface area contributed by atoms with Crippen LogP contribution in [0.1, 0.15) is 44.2 Å². The maximum atomic E-state index is 11.5. The molecule has 0 radical (unpaired) electrons. The van der Waals surface area contributed by atoms with E-state index in [0.717, 1.165) is 17.3 Å². The lowest BCUT2D eigenvalue weighted by Gasteiger charge is -2.29. The van der Waals surface area contributed by atoms with E-state index in [1.807, 2.05) is 0 Å². The van der Waals surface area contributed by atoms with Crippen molar-refractivity contribution in [2.24, 2.45) is 0 Å². The van der Waals surface area contributed by atoms with E-state index in [1.54, 1.807) is 6.92 Å². The summed E-state index contributed by atoms with van der Waals surface area (Å²) in [7, 11) is 8.74. The monoisotopic (exact) mass is 650 g/mol. The van der Waals surface area contributed by atoms with Crippen molar-refractivity contribution >= 4 is 17.2 Å². The van der Waals surface area contributed by atoms with Gasteiger partial charge in [-0.2, -0.15) is 0 Å². The average molecular weight is 650 g/mol. The largest absolute Gasteiger partial charge is 1.00 e. The van der Waals surface area contributed by atoms with Crippen LogP contribution in [-0.4, -0.2) is 47.1 Å². The van der Waals surface area contributed by atoms with Crippen molar-refractivity contribution in [1.82, 2.24) is 8.97 Å². The van der Waals surface area contributed by atoms with Crippen LogP contribution >= 0.6 is 0 Å². The molecule has 0 amide bonds. The van der Waals surface area contributed by atoms with E-state index >= 15 is 0 Å². The Morgan fingerprint density at radius 1 is 0.710 bits per heavy atom. The number of carbonyl (C=O) groups is 1. The second-order valence-corrected chi connectivity index (χ2v) is 9.49.